The van der Waals surface area contributed by atoms with E-state index in [2.05, 4.69) is 9.72 Å². The van der Waals surface area contributed by atoms with Gasteiger partial charge in [0.1, 0.15) is 5.75 Å². The van der Waals surface area contributed by atoms with Gasteiger partial charge in [-0.2, -0.15) is 0 Å². The molecule has 3 aromatic rings. The minimum atomic E-state index is -0.422. The van der Waals surface area contributed by atoms with E-state index >= 15 is 0 Å². The van der Waals surface area contributed by atoms with Crippen LogP contribution in [0.1, 0.15) is 16.1 Å². The van der Waals surface area contributed by atoms with Crippen LogP contribution in [0.15, 0.2) is 41.2 Å². The van der Waals surface area contributed by atoms with Crippen LogP contribution < -0.4 is 10.2 Å². The Hall–Kier alpha value is -2.79. The summed E-state index contributed by atoms with van der Waals surface area (Å²) in [6.07, 6.45) is 0. The fraction of sp³-hybridized carbons (Fsp3) is 0.158. The van der Waals surface area contributed by atoms with Crippen molar-refractivity contribution >= 4 is 28.5 Å². The van der Waals surface area contributed by atoms with Crippen molar-refractivity contribution in [2.24, 2.45) is 0 Å². The molecule has 0 unspecified atom stereocenters. The van der Waals surface area contributed by atoms with Crippen LogP contribution >= 0.6 is 11.6 Å². The second-order valence-electron chi connectivity index (χ2n) is 5.56. The lowest BCUT2D eigenvalue weighted by Crippen LogP contribution is -2.10. The highest BCUT2D eigenvalue weighted by atomic mass is 35.5. The number of aryl methyl sites for hydroxylation is 1. The van der Waals surface area contributed by atoms with E-state index in [1.165, 1.54) is 14.2 Å². The number of aromatic nitrogens is 1. The lowest BCUT2D eigenvalue weighted by molar-refractivity contribution is 0.0601. The number of ether oxygens (including phenoxy) is 2. The molecule has 0 spiro atoms. The highest BCUT2D eigenvalue weighted by molar-refractivity contribution is 6.32. The zero-order valence-electron chi connectivity index (χ0n) is 14.0. The molecule has 0 aliphatic rings. The summed E-state index contributed by atoms with van der Waals surface area (Å²) in [6, 6.07) is 10.0. The second-order valence-corrected chi connectivity index (χ2v) is 5.96. The number of aromatic amines is 1. The highest BCUT2D eigenvalue weighted by Crippen LogP contribution is 2.30. The monoisotopic (exact) mass is 357 g/mol. The summed E-state index contributed by atoms with van der Waals surface area (Å²) in [5, 5.41) is 0.847. The van der Waals surface area contributed by atoms with Gasteiger partial charge < -0.3 is 14.5 Å². The molecule has 0 saturated heterocycles. The van der Waals surface area contributed by atoms with Gasteiger partial charge in [0.05, 0.1) is 30.3 Å². The molecule has 128 valence electrons. The molecule has 0 aliphatic carbocycles. The van der Waals surface area contributed by atoms with Crippen molar-refractivity contribution in [1.29, 1.82) is 0 Å². The summed E-state index contributed by atoms with van der Waals surface area (Å²) in [5.74, 6) is 0.0777. The maximum absolute atomic E-state index is 13.0. The van der Waals surface area contributed by atoms with E-state index < -0.39 is 5.97 Å². The Bertz CT molecular complexity index is 1020. The quantitative estimate of drug-likeness (QED) is 0.720. The Morgan fingerprint density at radius 2 is 1.80 bits per heavy atom. The van der Waals surface area contributed by atoms with E-state index in [9.17, 15) is 9.59 Å². The number of hydrogen-bond donors (Lipinski definition) is 1. The molecule has 0 bridgehead atoms. The fourth-order valence-electron chi connectivity index (χ4n) is 2.81. The Kier molecular flexibility index (Phi) is 4.51. The summed E-state index contributed by atoms with van der Waals surface area (Å²) in [6.45, 7) is 1.82. The van der Waals surface area contributed by atoms with Crippen molar-refractivity contribution in [3.63, 3.8) is 0 Å². The third-order valence-electron chi connectivity index (χ3n) is 4.06. The first kappa shape index (κ1) is 17.0. The molecule has 0 aliphatic heterocycles. The predicted octanol–water partition coefficient (Wildman–Crippen LogP) is 3.95. The van der Waals surface area contributed by atoms with Gasteiger partial charge in [-0.15, -0.1) is 0 Å². The molecular weight excluding hydrogens is 342 g/mol. The van der Waals surface area contributed by atoms with E-state index in [0.717, 1.165) is 0 Å². The van der Waals surface area contributed by atoms with Gasteiger partial charge in [0.15, 0.2) is 5.43 Å². The number of hydrogen-bond acceptors (Lipinski definition) is 4. The molecule has 0 amide bonds. The lowest BCUT2D eigenvalue weighted by Gasteiger charge is -2.11. The first-order valence-corrected chi connectivity index (χ1v) is 7.93. The molecule has 25 heavy (non-hydrogen) atoms. The number of carbonyl (C=O) groups is 1. The molecule has 6 heteroatoms. The number of pyridine rings is 1. The van der Waals surface area contributed by atoms with Crippen molar-refractivity contribution in [3.05, 3.63) is 62.9 Å². The number of rotatable bonds is 3. The number of carbonyl (C=O) groups excluding carboxylic acids is 1. The molecule has 0 saturated carbocycles. The van der Waals surface area contributed by atoms with E-state index in [1.54, 1.807) is 36.4 Å². The number of benzene rings is 2. The van der Waals surface area contributed by atoms with Crippen molar-refractivity contribution in [2.75, 3.05) is 14.2 Å². The molecule has 5 nitrogen and oxygen atoms in total. The average molecular weight is 358 g/mol. The molecule has 1 heterocycles. The smallest absolute Gasteiger partial charge is 0.337 e. The van der Waals surface area contributed by atoms with Crippen LogP contribution in [0.2, 0.25) is 5.02 Å². The topological polar surface area (TPSA) is 68.4 Å². The van der Waals surface area contributed by atoms with Crippen molar-refractivity contribution in [2.45, 2.75) is 6.92 Å². The lowest BCUT2D eigenvalue weighted by atomic mass is 10.00. The number of H-pyrrole nitrogens is 1. The maximum atomic E-state index is 13.0. The number of halogens is 1. The Morgan fingerprint density at radius 1 is 1.12 bits per heavy atom. The van der Waals surface area contributed by atoms with E-state index in [4.69, 9.17) is 16.3 Å². The van der Waals surface area contributed by atoms with Gasteiger partial charge in [0.25, 0.3) is 0 Å². The van der Waals surface area contributed by atoms with Crippen molar-refractivity contribution < 1.29 is 14.3 Å². The van der Waals surface area contributed by atoms with Crippen LogP contribution in [-0.2, 0) is 4.74 Å². The summed E-state index contributed by atoms with van der Waals surface area (Å²) >= 11 is 6.16. The van der Waals surface area contributed by atoms with Crippen molar-refractivity contribution in [3.8, 4) is 16.9 Å². The van der Waals surface area contributed by atoms with E-state index in [1.807, 2.05) is 6.92 Å². The highest BCUT2D eigenvalue weighted by Gasteiger charge is 2.14. The first-order chi connectivity index (χ1) is 12.0. The molecule has 0 fully saturated rings. The van der Waals surface area contributed by atoms with Crippen LogP contribution in [0.25, 0.3) is 22.0 Å². The zero-order chi connectivity index (χ0) is 18.1. The molecular formula is C19H16ClNO4. The number of methoxy groups -OCH3 is 2. The van der Waals surface area contributed by atoms with Crippen molar-refractivity contribution in [1.82, 2.24) is 4.98 Å². The maximum Gasteiger partial charge on any atom is 0.337 e. The molecule has 3 rings (SSSR count). The number of esters is 1. The zero-order valence-corrected chi connectivity index (χ0v) is 14.7. The largest absolute Gasteiger partial charge is 0.495 e. The van der Waals surface area contributed by atoms with Crippen LogP contribution in [0, 0.1) is 6.92 Å². The summed E-state index contributed by atoms with van der Waals surface area (Å²) in [7, 11) is 2.85. The normalized spacial score (nSPS) is 10.7. The van der Waals surface area contributed by atoms with Gasteiger partial charge in [-0.1, -0.05) is 23.7 Å². The Labute approximate surface area is 149 Å². The summed E-state index contributed by atoms with van der Waals surface area (Å²) in [4.78, 5) is 27.7. The van der Waals surface area contributed by atoms with Crippen LogP contribution in [0.3, 0.4) is 0 Å². The van der Waals surface area contributed by atoms with Gasteiger partial charge in [-0.25, -0.2) is 4.79 Å². The summed E-state index contributed by atoms with van der Waals surface area (Å²) < 4.78 is 9.88. The Morgan fingerprint density at radius 3 is 2.40 bits per heavy atom. The Balaban J connectivity index is 2.20. The second kappa shape index (κ2) is 6.61. The number of nitrogens with one attached hydrogen (secondary N) is 1. The van der Waals surface area contributed by atoms with Crippen LogP contribution in [0.5, 0.6) is 5.75 Å². The van der Waals surface area contributed by atoms with Crippen LogP contribution in [-0.4, -0.2) is 25.2 Å². The molecule has 1 N–H and O–H groups in total. The van der Waals surface area contributed by atoms with Gasteiger partial charge in [-0.3, -0.25) is 4.79 Å². The third kappa shape index (κ3) is 2.98. The fourth-order valence-corrected chi connectivity index (χ4v) is 3.05. The van der Waals surface area contributed by atoms with Gasteiger partial charge >= 0.3 is 5.97 Å². The van der Waals surface area contributed by atoms with Crippen LogP contribution in [0.4, 0.5) is 0 Å². The van der Waals surface area contributed by atoms with Gasteiger partial charge in [0.2, 0.25) is 0 Å². The minimum Gasteiger partial charge on any atom is -0.495 e. The number of fused-ring (bicyclic) bond motifs is 1. The molecule has 1 aromatic heterocycles. The predicted molar refractivity (Wildman–Crippen MR) is 97.6 cm³/mol. The first-order valence-electron chi connectivity index (χ1n) is 7.55. The molecule has 2 aromatic carbocycles. The summed E-state index contributed by atoms with van der Waals surface area (Å²) in [5.41, 5.74) is 2.90. The van der Waals surface area contributed by atoms with E-state index in [0.29, 0.717) is 44.1 Å². The molecule has 0 radical (unpaired) electrons. The standard InChI is InChI=1S/C19H16ClNO4/c1-10-17(11-4-6-12(7-5-11)19(23)25-3)18(22)13-8-14(20)16(24-2)9-15(13)21-10/h4-9H,1-3H3,(H,21,22). The van der Waals surface area contributed by atoms with Gasteiger partial charge in [-0.05, 0) is 30.7 Å². The third-order valence-corrected chi connectivity index (χ3v) is 4.35. The molecule has 0 atom stereocenters. The SMILES string of the molecule is COC(=O)c1ccc(-c2c(C)[nH]c3cc(OC)c(Cl)cc3c2=O)cc1. The average Bonchev–Trinajstić information content (AvgIpc) is 2.62. The van der Waals surface area contributed by atoms with Gasteiger partial charge in [0, 0.05) is 22.7 Å². The minimum absolute atomic E-state index is 0.137. The van der Waals surface area contributed by atoms with E-state index in [-0.39, 0.29) is 5.43 Å².